The van der Waals surface area contributed by atoms with Crippen molar-refractivity contribution in [2.75, 3.05) is 14.2 Å². The van der Waals surface area contributed by atoms with Crippen LogP contribution >= 0.6 is 0 Å². The third-order valence-corrected chi connectivity index (χ3v) is 6.54. The average molecular weight is 339 g/mol. The molecule has 0 radical (unpaired) electrons. The van der Waals surface area contributed by atoms with Crippen molar-refractivity contribution in [2.24, 2.45) is 17.8 Å². The number of carbonyl (C=O) groups is 1. The highest BCUT2D eigenvalue weighted by Crippen LogP contribution is 2.49. The zero-order valence-corrected chi connectivity index (χ0v) is 14.0. The minimum atomic E-state index is -3.77. The van der Waals surface area contributed by atoms with Crippen LogP contribution in [0.15, 0.2) is 29.2 Å². The summed E-state index contributed by atoms with van der Waals surface area (Å²) >= 11 is 0. The molecule has 7 heteroatoms. The molecule has 23 heavy (non-hydrogen) atoms. The van der Waals surface area contributed by atoms with Crippen molar-refractivity contribution in [2.45, 2.75) is 30.2 Å². The Morgan fingerprint density at radius 3 is 2.57 bits per heavy atom. The molecule has 0 aromatic heterocycles. The molecule has 0 amide bonds. The number of esters is 1. The SMILES string of the molecule is COC(=O)[C@@H]1[C@H]2CC[C@@H](C2)[C@@H]1NS(=O)(=O)c1ccccc1OC. The molecule has 1 aromatic carbocycles. The number of hydrogen-bond donors (Lipinski definition) is 1. The van der Waals surface area contributed by atoms with Gasteiger partial charge in [0.1, 0.15) is 10.6 Å². The van der Waals surface area contributed by atoms with E-state index in [0.717, 1.165) is 19.3 Å². The van der Waals surface area contributed by atoms with Crippen molar-refractivity contribution in [3.05, 3.63) is 24.3 Å². The summed E-state index contributed by atoms with van der Waals surface area (Å²) in [4.78, 5) is 12.2. The molecule has 0 saturated heterocycles. The van der Waals surface area contributed by atoms with Gasteiger partial charge in [-0.15, -0.1) is 0 Å². The Morgan fingerprint density at radius 1 is 1.17 bits per heavy atom. The molecule has 0 heterocycles. The van der Waals surface area contributed by atoms with E-state index in [1.165, 1.54) is 20.3 Å². The van der Waals surface area contributed by atoms with Gasteiger partial charge in [-0.3, -0.25) is 4.79 Å². The maximum absolute atomic E-state index is 12.8. The maximum Gasteiger partial charge on any atom is 0.310 e. The van der Waals surface area contributed by atoms with Gasteiger partial charge in [-0.2, -0.15) is 0 Å². The molecule has 2 fully saturated rings. The summed E-state index contributed by atoms with van der Waals surface area (Å²) < 4.78 is 38.3. The Balaban J connectivity index is 1.89. The van der Waals surface area contributed by atoms with Crippen LogP contribution in [0.5, 0.6) is 5.75 Å². The fourth-order valence-corrected chi connectivity index (χ4v) is 5.52. The van der Waals surface area contributed by atoms with Crippen LogP contribution in [0.2, 0.25) is 0 Å². The predicted molar refractivity (Wildman–Crippen MR) is 83.4 cm³/mol. The molecule has 126 valence electrons. The third-order valence-electron chi connectivity index (χ3n) is 5.04. The Hall–Kier alpha value is -1.60. The van der Waals surface area contributed by atoms with E-state index in [1.54, 1.807) is 18.2 Å². The van der Waals surface area contributed by atoms with Crippen LogP contribution in [-0.2, 0) is 19.6 Å². The normalized spacial score (nSPS) is 29.5. The van der Waals surface area contributed by atoms with Gasteiger partial charge in [0.15, 0.2) is 0 Å². The number of rotatable bonds is 5. The Kier molecular flexibility index (Phi) is 4.33. The van der Waals surface area contributed by atoms with Crippen molar-refractivity contribution in [3.63, 3.8) is 0 Å². The summed E-state index contributed by atoms with van der Waals surface area (Å²) in [6, 6.07) is 6.06. The minimum Gasteiger partial charge on any atom is -0.495 e. The molecule has 3 rings (SSSR count). The second-order valence-corrected chi connectivity index (χ2v) is 7.86. The lowest BCUT2D eigenvalue weighted by Gasteiger charge is -2.29. The maximum atomic E-state index is 12.8. The van der Waals surface area contributed by atoms with Crippen LogP contribution in [0.3, 0.4) is 0 Å². The fraction of sp³-hybridized carbons (Fsp3) is 0.562. The van der Waals surface area contributed by atoms with Crippen LogP contribution in [-0.4, -0.2) is 34.6 Å². The van der Waals surface area contributed by atoms with Crippen molar-refractivity contribution >= 4 is 16.0 Å². The highest BCUT2D eigenvalue weighted by molar-refractivity contribution is 7.89. The second-order valence-electron chi connectivity index (χ2n) is 6.18. The Bertz CT molecular complexity index is 702. The largest absolute Gasteiger partial charge is 0.495 e. The molecule has 2 saturated carbocycles. The number of para-hydroxylation sites is 1. The molecule has 1 aromatic rings. The number of fused-ring (bicyclic) bond motifs is 2. The van der Waals surface area contributed by atoms with Crippen molar-refractivity contribution in [1.82, 2.24) is 4.72 Å². The van der Waals surface area contributed by atoms with Gasteiger partial charge < -0.3 is 9.47 Å². The van der Waals surface area contributed by atoms with E-state index in [2.05, 4.69) is 4.72 Å². The lowest BCUT2D eigenvalue weighted by Crippen LogP contribution is -2.47. The Labute approximate surface area is 136 Å². The highest BCUT2D eigenvalue weighted by Gasteiger charge is 2.52. The molecular formula is C16H21NO5S. The van der Waals surface area contributed by atoms with Crippen molar-refractivity contribution in [3.8, 4) is 5.75 Å². The lowest BCUT2D eigenvalue weighted by molar-refractivity contribution is -0.148. The molecular weight excluding hydrogens is 318 g/mol. The summed E-state index contributed by atoms with van der Waals surface area (Å²) in [6.07, 6.45) is 2.77. The van der Waals surface area contributed by atoms with Gasteiger partial charge in [-0.05, 0) is 43.2 Å². The van der Waals surface area contributed by atoms with Crippen molar-refractivity contribution < 1.29 is 22.7 Å². The predicted octanol–water partition coefficient (Wildman–Crippen LogP) is 1.56. The fourth-order valence-electron chi connectivity index (χ4n) is 4.02. The number of sulfonamides is 1. The third kappa shape index (κ3) is 2.83. The van der Waals surface area contributed by atoms with E-state index in [-0.39, 0.29) is 28.5 Å². The zero-order valence-electron chi connectivity index (χ0n) is 13.2. The van der Waals surface area contributed by atoms with E-state index >= 15 is 0 Å². The molecule has 2 bridgehead atoms. The topological polar surface area (TPSA) is 81.7 Å². The van der Waals surface area contributed by atoms with Gasteiger partial charge in [-0.25, -0.2) is 13.1 Å². The lowest BCUT2D eigenvalue weighted by atomic mass is 9.85. The molecule has 0 spiro atoms. The summed E-state index contributed by atoms with van der Waals surface area (Å²) in [7, 11) is -0.985. The molecule has 4 atom stereocenters. The highest BCUT2D eigenvalue weighted by atomic mass is 32.2. The number of benzene rings is 1. The first kappa shape index (κ1) is 16.3. The van der Waals surface area contributed by atoms with E-state index in [0.29, 0.717) is 0 Å². The second kappa shape index (κ2) is 6.13. The van der Waals surface area contributed by atoms with Gasteiger partial charge in [0, 0.05) is 6.04 Å². The first-order chi connectivity index (χ1) is 11.0. The monoisotopic (exact) mass is 339 g/mol. The molecule has 1 N–H and O–H groups in total. The van der Waals surface area contributed by atoms with Gasteiger partial charge in [0.05, 0.1) is 20.1 Å². The smallest absolute Gasteiger partial charge is 0.310 e. The van der Waals surface area contributed by atoms with Crippen LogP contribution in [0.25, 0.3) is 0 Å². The molecule has 0 aliphatic heterocycles. The number of hydrogen-bond acceptors (Lipinski definition) is 5. The number of methoxy groups -OCH3 is 2. The van der Waals surface area contributed by atoms with E-state index in [4.69, 9.17) is 9.47 Å². The summed E-state index contributed by atoms with van der Waals surface area (Å²) in [5, 5.41) is 0. The Morgan fingerprint density at radius 2 is 1.87 bits per heavy atom. The van der Waals surface area contributed by atoms with Gasteiger partial charge in [0.25, 0.3) is 0 Å². The summed E-state index contributed by atoms with van der Waals surface area (Å²) in [6.45, 7) is 0. The summed E-state index contributed by atoms with van der Waals surface area (Å²) in [5.74, 6) is -0.0441. The molecule has 2 aliphatic carbocycles. The van der Waals surface area contributed by atoms with E-state index < -0.39 is 22.0 Å². The molecule has 2 aliphatic rings. The zero-order chi connectivity index (χ0) is 16.6. The number of nitrogens with one attached hydrogen (secondary N) is 1. The van der Waals surface area contributed by atoms with E-state index in [1.807, 2.05) is 0 Å². The van der Waals surface area contributed by atoms with Gasteiger partial charge in [0.2, 0.25) is 10.0 Å². The number of carbonyl (C=O) groups excluding carboxylic acids is 1. The van der Waals surface area contributed by atoms with Crippen molar-refractivity contribution in [1.29, 1.82) is 0 Å². The van der Waals surface area contributed by atoms with Gasteiger partial charge in [-0.1, -0.05) is 12.1 Å². The van der Waals surface area contributed by atoms with Crippen LogP contribution < -0.4 is 9.46 Å². The molecule has 6 nitrogen and oxygen atoms in total. The minimum absolute atomic E-state index is 0.0916. The quantitative estimate of drug-likeness (QED) is 0.823. The van der Waals surface area contributed by atoms with Gasteiger partial charge >= 0.3 is 5.97 Å². The molecule has 0 unspecified atom stereocenters. The number of ether oxygens (including phenoxy) is 2. The first-order valence-corrected chi connectivity index (χ1v) is 9.19. The first-order valence-electron chi connectivity index (χ1n) is 7.71. The standard InChI is InChI=1S/C16H21NO5S/c1-21-12-5-3-4-6-13(12)23(19,20)17-15-11-8-7-10(9-11)14(15)16(18)22-2/h3-6,10-11,14-15,17H,7-9H2,1-2H3/t10-,11-,14+,15-/m0/s1. The van der Waals surface area contributed by atoms with E-state index in [9.17, 15) is 13.2 Å². The average Bonchev–Trinajstić information content (AvgIpc) is 3.15. The van der Waals surface area contributed by atoms with Crippen LogP contribution in [0.1, 0.15) is 19.3 Å². The van der Waals surface area contributed by atoms with Crippen LogP contribution in [0.4, 0.5) is 0 Å². The van der Waals surface area contributed by atoms with Crippen LogP contribution in [0, 0.1) is 17.8 Å². The summed E-state index contributed by atoms with van der Waals surface area (Å²) in [5.41, 5.74) is 0.